The second kappa shape index (κ2) is 23.4. The van der Waals surface area contributed by atoms with E-state index < -0.39 is 281 Å². The first kappa shape index (κ1) is 71.7. The number of ether oxygens (including phenoxy) is 16. The highest BCUT2D eigenvalue weighted by molar-refractivity contribution is 6.02. The molecule has 14 aliphatic rings. The SMILES string of the molecule is COC1=C(OC)C2C(OC(F)(F)F)=C(OC(F)(F)F)C1C1=C2c2nc1nc1nc(nc3[nH]c(nc4[nH]c(n2)c2c4C4C(OC)=C(OC)C2C(OC(F)(F)F)=C4OC(F)(F)F)c2c3C3C(OC)=C(OC)C2C(OC(F)(F)F)=C3OC(F)(F)F)C2=C1C1C(OC)=C(OC)C2C(OC(F)(F)F)=C1OC(F)(F)F. The third-order valence-electron chi connectivity index (χ3n) is 16.9. The first-order chi connectivity index (χ1) is 48.2. The highest BCUT2D eigenvalue weighted by Crippen LogP contribution is 2.66. The molecule has 8 atom stereocenters. The van der Waals surface area contributed by atoms with Crippen LogP contribution < -0.4 is 0 Å². The fourth-order valence-electron chi connectivity index (χ4n) is 14.3. The molecule has 5 heterocycles. The van der Waals surface area contributed by atoms with Crippen molar-refractivity contribution in [2.45, 2.75) is 74.6 Å². The molecule has 0 fully saturated rings. The van der Waals surface area contributed by atoms with Gasteiger partial charge < -0.3 is 85.8 Å². The average Bonchev–Trinajstić information content (AvgIpc) is 1.49. The van der Waals surface area contributed by atoms with Crippen LogP contribution in [0.2, 0.25) is 0 Å². The van der Waals surface area contributed by atoms with E-state index in [1.165, 1.54) is 0 Å². The molecule has 0 saturated heterocycles. The van der Waals surface area contributed by atoms with Crippen LogP contribution in [0.5, 0.6) is 0 Å². The lowest BCUT2D eigenvalue weighted by atomic mass is 9.71. The summed E-state index contributed by atoms with van der Waals surface area (Å²) in [6, 6.07) is 0. The summed E-state index contributed by atoms with van der Waals surface area (Å²) in [4.78, 5) is 31.2. The number of alkyl halides is 24. The molecule has 48 heteroatoms. The minimum atomic E-state index is -6.06. The van der Waals surface area contributed by atoms with Crippen LogP contribution in [0.1, 0.15) is 69.2 Å². The molecular weight excluding hydrogens is 1500 g/mol. The smallest absolute Gasteiger partial charge is 0.496 e. The van der Waals surface area contributed by atoms with Gasteiger partial charge in [0.05, 0.1) is 56.9 Å². The Morgan fingerprint density at radius 3 is 0.510 bits per heavy atom. The van der Waals surface area contributed by atoms with Gasteiger partial charge in [-0.25, -0.2) is 29.9 Å². The maximum absolute atomic E-state index is 14.9. The van der Waals surface area contributed by atoms with E-state index >= 15 is 0 Å². The Morgan fingerprint density at radius 2 is 0.346 bits per heavy atom. The maximum Gasteiger partial charge on any atom is 0.572 e. The Balaban J connectivity index is 1.27. The number of hydrogen-bond donors (Lipinski definition) is 2. The molecule has 2 aliphatic heterocycles. The molecular formula is C56H34F24N8O16. The molecule has 0 spiro atoms. The molecule has 0 saturated carbocycles. The zero-order valence-corrected chi connectivity index (χ0v) is 51.9. The van der Waals surface area contributed by atoms with E-state index in [2.05, 4.69) is 77.8 Å². The van der Waals surface area contributed by atoms with Gasteiger partial charge in [-0.2, -0.15) is 0 Å². The number of fused-ring (bicyclic) bond motifs is 8. The number of halogens is 24. The zero-order chi connectivity index (χ0) is 76.1. The zero-order valence-electron chi connectivity index (χ0n) is 51.9. The summed E-state index contributed by atoms with van der Waals surface area (Å²) < 4.78 is 435. The molecule has 3 aromatic heterocycles. The number of H-pyrrole nitrogens is 2. The molecule has 104 heavy (non-hydrogen) atoms. The topological polar surface area (TPSA) is 257 Å². The van der Waals surface area contributed by atoms with Crippen LogP contribution in [0.15, 0.2) is 92.1 Å². The van der Waals surface area contributed by atoms with Crippen molar-refractivity contribution in [1.82, 2.24) is 39.9 Å². The minimum Gasteiger partial charge on any atom is -0.496 e. The lowest BCUT2D eigenvalue weighted by Gasteiger charge is -2.41. The number of aromatic amines is 2. The van der Waals surface area contributed by atoms with Gasteiger partial charge in [-0.15, -0.1) is 105 Å². The molecule has 0 amide bonds. The van der Waals surface area contributed by atoms with Gasteiger partial charge in [-0.1, -0.05) is 0 Å². The summed E-state index contributed by atoms with van der Waals surface area (Å²) in [5, 5.41) is 0. The van der Waals surface area contributed by atoms with Crippen molar-refractivity contribution in [1.29, 1.82) is 0 Å². The van der Waals surface area contributed by atoms with Crippen LogP contribution in [-0.2, 0) is 75.8 Å². The minimum absolute atomic E-state index is 0.701. The predicted molar refractivity (Wildman–Crippen MR) is 280 cm³/mol. The van der Waals surface area contributed by atoms with Crippen LogP contribution in [0.4, 0.5) is 105 Å². The Morgan fingerprint density at radius 1 is 0.202 bits per heavy atom. The molecule has 3 aromatic rings. The van der Waals surface area contributed by atoms with Crippen molar-refractivity contribution in [3.05, 3.63) is 138 Å². The molecule has 17 rings (SSSR count). The van der Waals surface area contributed by atoms with Gasteiger partial charge in [0.25, 0.3) is 0 Å². The van der Waals surface area contributed by atoms with E-state index in [1.807, 2.05) is 0 Å². The largest absolute Gasteiger partial charge is 0.572 e. The van der Waals surface area contributed by atoms with Crippen LogP contribution in [0.3, 0.4) is 0 Å². The van der Waals surface area contributed by atoms with Gasteiger partial charge in [-0.3, -0.25) is 0 Å². The van der Waals surface area contributed by atoms with Crippen LogP contribution in [0, 0.1) is 23.7 Å². The summed E-state index contributed by atoms with van der Waals surface area (Å²) in [6.45, 7) is 0. The summed E-state index contributed by atoms with van der Waals surface area (Å²) in [6.07, 6.45) is -48.4. The fraction of sp³-hybridized carbons (Fsp3) is 0.429. The monoisotopic (exact) mass is 1530 g/mol. The quantitative estimate of drug-likeness (QED) is 0.126. The molecule has 0 aromatic carbocycles. The Bertz CT molecular complexity index is 4460. The van der Waals surface area contributed by atoms with Gasteiger partial charge in [0.2, 0.25) is 0 Å². The van der Waals surface area contributed by atoms with E-state index in [0.717, 1.165) is 0 Å². The molecule has 12 aliphatic carbocycles. The highest BCUT2D eigenvalue weighted by atomic mass is 19.5. The van der Waals surface area contributed by atoms with E-state index in [0.29, 0.717) is 56.9 Å². The van der Waals surface area contributed by atoms with Gasteiger partial charge in [-0.05, 0) is 0 Å². The predicted octanol–water partition coefficient (Wildman–Crippen LogP) is 13.8. The van der Waals surface area contributed by atoms with Gasteiger partial charge >= 0.3 is 50.9 Å². The third kappa shape index (κ3) is 11.6. The Labute approximate surface area is 558 Å². The van der Waals surface area contributed by atoms with Crippen molar-refractivity contribution < 1.29 is 181 Å². The van der Waals surface area contributed by atoms with Crippen molar-refractivity contribution >= 4 is 44.9 Å². The molecule has 2 N–H and O–H groups in total. The third-order valence-corrected chi connectivity index (χ3v) is 16.9. The van der Waals surface area contributed by atoms with E-state index in [1.54, 1.807) is 0 Å². The van der Waals surface area contributed by atoms with Crippen LogP contribution >= 0.6 is 0 Å². The Kier molecular flexibility index (Phi) is 16.2. The number of nitrogens with zero attached hydrogens (tertiary/aromatic N) is 6. The van der Waals surface area contributed by atoms with Gasteiger partial charge in [0, 0.05) is 44.5 Å². The molecule has 562 valence electrons. The highest BCUT2D eigenvalue weighted by Gasteiger charge is 2.64. The number of nitrogens with one attached hydrogen (secondary N) is 2. The second-order valence-corrected chi connectivity index (χ2v) is 22.2. The normalized spacial score (nSPS) is 23.8. The van der Waals surface area contributed by atoms with Crippen LogP contribution in [-0.4, -0.2) is 148 Å². The van der Waals surface area contributed by atoms with Crippen molar-refractivity contribution in [2.24, 2.45) is 23.7 Å². The second-order valence-electron chi connectivity index (χ2n) is 22.2. The fourth-order valence-corrected chi connectivity index (χ4v) is 14.3. The lowest BCUT2D eigenvalue weighted by Crippen LogP contribution is -2.38. The average molecular weight is 1530 g/mol. The number of methoxy groups -OCH3 is 8. The van der Waals surface area contributed by atoms with Crippen molar-refractivity contribution in [2.75, 3.05) is 56.9 Å². The molecule has 0 radical (unpaired) electrons. The van der Waals surface area contributed by atoms with Crippen LogP contribution in [0.25, 0.3) is 44.9 Å². The van der Waals surface area contributed by atoms with Gasteiger partial charge in [0.15, 0.2) is 69.4 Å². The molecule has 16 bridgehead atoms. The van der Waals surface area contributed by atoms with E-state index in [9.17, 15) is 105 Å². The maximum atomic E-state index is 14.9. The van der Waals surface area contributed by atoms with E-state index in [-0.39, 0.29) is 0 Å². The summed E-state index contributed by atoms with van der Waals surface area (Å²) in [7, 11) is 5.64. The van der Waals surface area contributed by atoms with Crippen molar-refractivity contribution in [3.8, 4) is 0 Å². The van der Waals surface area contributed by atoms with Crippen molar-refractivity contribution in [3.63, 3.8) is 0 Å². The number of rotatable bonds is 16. The first-order valence-corrected chi connectivity index (χ1v) is 28.3. The Hall–Kier alpha value is -10.6. The summed E-state index contributed by atoms with van der Waals surface area (Å²) >= 11 is 0. The van der Waals surface area contributed by atoms with E-state index in [4.69, 9.17) is 37.9 Å². The molecule has 24 nitrogen and oxygen atoms in total. The summed E-state index contributed by atoms with van der Waals surface area (Å²) in [5.74, 6) is -49.7. The lowest BCUT2D eigenvalue weighted by molar-refractivity contribution is -0.326. The standard InChI is InChI=1S/C56H34F24N8O16/c1-89-25-17-9-10(18(26(25)90-2)34(98-50(60,61)62)33(17)97-49(57,58)59)42-81-41(9)85-43-11-12(20-28(92-4)27(91-3)19(11)35(99-51(63,64)65)36(20)100-52(66,67)68)45(82-43)87-47-15-16(24-32(96-8)31(95-7)23(15)39(103-55(75,76)77)40(24)104-56(78,79)80)48(84-47)88-46-14-13(44(83-46)86-42)21-29(93-5)30(94-6)22(14)38(102-54(72,73)74)37(21)101-53(69,70)71/h17-24H,1-8H3,(H2,81,82,83,84,85,86,87,88). The number of aromatic nitrogens is 8. The summed E-state index contributed by atoms with van der Waals surface area (Å²) in [5.41, 5.74) is -12.6. The number of hydrogen-bond acceptors (Lipinski definition) is 22. The van der Waals surface area contributed by atoms with Gasteiger partial charge in [0.1, 0.15) is 116 Å². The first-order valence-electron chi connectivity index (χ1n) is 28.3. The molecule has 8 unspecified atom stereocenters.